The Balaban J connectivity index is 1.64. The third-order valence-electron chi connectivity index (χ3n) is 5.05. The number of amides is 3. The Kier molecular flexibility index (Phi) is 7.79. The van der Waals surface area contributed by atoms with Crippen molar-refractivity contribution in [2.24, 2.45) is 5.73 Å². The Bertz CT molecular complexity index is 932. The number of hydrogen-bond donors (Lipinski definition) is 2. The number of hydrogen-bond acceptors (Lipinski definition) is 7. The zero-order chi connectivity index (χ0) is 23.1. The van der Waals surface area contributed by atoms with Crippen LogP contribution in [0.15, 0.2) is 42.7 Å². The van der Waals surface area contributed by atoms with Crippen molar-refractivity contribution >= 4 is 29.2 Å². The molecule has 0 spiro atoms. The number of nitrogens with two attached hydrogens (primary N) is 1. The number of rotatable bonds is 9. The molecular weight excluding hydrogens is 419 g/mol. The van der Waals surface area contributed by atoms with Crippen molar-refractivity contribution < 1.29 is 23.6 Å². The van der Waals surface area contributed by atoms with Crippen LogP contribution in [0.4, 0.5) is 31.0 Å². The van der Waals surface area contributed by atoms with Gasteiger partial charge in [0.15, 0.2) is 0 Å². The Morgan fingerprint density at radius 2 is 2.09 bits per heavy atom. The minimum atomic E-state index is -0.545. The predicted molar refractivity (Wildman–Crippen MR) is 118 cm³/mol. The van der Waals surface area contributed by atoms with Gasteiger partial charge in [0.05, 0.1) is 31.6 Å². The lowest BCUT2D eigenvalue weighted by atomic mass is 10.2. The molecule has 1 aliphatic heterocycles. The third-order valence-corrected chi connectivity index (χ3v) is 5.05. The summed E-state index contributed by atoms with van der Waals surface area (Å²) in [6, 6.07) is 7.42. The number of cyclic esters (lactones) is 1. The number of pyridine rings is 1. The Hall–Kier alpha value is -3.44. The molecule has 0 aliphatic carbocycles. The van der Waals surface area contributed by atoms with Gasteiger partial charge >= 0.3 is 12.1 Å². The molecule has 11 heteroatoms. The first kappa shape index (κ1) is 23.2. The van der Waals surface area contributed by atoms with Gasteiger partial charge in [-0.05, 0) is 37.3 Å². The van der Waals surface area contributed by atoms with E-state index in [4.69, 9.17) is 15.3 Å². The van der Waals surface area contributed by atoms with Crippen LogP contribution in [0.1, 0.15) is 6.92 Å². The van der Waals surface area contributed by atoms with E-state index in [2.05, 4.69) is 10.3 Å². The zero-order valence-electron chi connectivity index (χ0n) is 18.0. The van der Waals surface area contributed by atoms with E-state index in [9.17, 15) is 14.0 Å². The number of likely N-dealkylation sites (N-methyl/N-ethyl adjacent to an activating group) is 1. The molecule has 2 aromatic rings. The lowest BCUT2D eigenvalue weighted by Crippen LogP contribution is -2.40. The van der Waals surface area contributed by atoms with Crippen molar-refractivity contribution in [3.8, 4) is 0 Å². The molecule has 3 amide bonds. The molecule has 1 saturated heterocycles. The highest BCUT2D eigenvalue weighted by molar-refractivity contribution is 5.90. The number of hydroxylamine groups is 2. The molecule has 1 fully saturated rings. The van der Waals surface area contributed by atoms with E-state index in [0.29, 0.717) is 30.2 Å². The number of carbonyl (C=O) groups excluding carboxylic acids is 2. The second-order valence-corrected chi connectivity index (χ2v) is 7.02. The smallest absolute Gasteiger partial charge is 0.414 e. The molecule has 172 valence electrons. The largest absolute Gasteiger partial charge is 0.443 e. The van der Waals surface area contributed by atoms with E-state index in [1.165, 1.54) is 18.1 Å². The number of nitrogens with one attached hydrogen (secondary N) is 1. The highest BCUT2D eigenvalue weighted by atomic mass is 19.1. The molecule has 1 aromatic heterocycles. The molecule has 3 rings (SSSR count). The van der Waals surface area contributed by atoms with E-state index >= 15 is 0 Å². The number of aromatic nitrogens is 1. The van der Waals surface area contributed by atoms with Crippen LogP contribution in [0.3, 0.4) is 0 Å². The van der Waals surface area contributed by atoms with Crippen molar-refractivity contribution in [3.63, 3.8) is 0 Å². The first-order chi connectivity index (χ1) is 15.5. The molecule has 1 aliphatic rings. The van der Waals surface area contributed by atoms with Crippen LogP contribution in [0.5, 0.6) is 0 Å². The molecular formula is C21H27FN6O4. The summed E-state index contributed by atoms with van der Waals surface area (Å²) in [5, 5.41) is 3.86. The van der Waals surface area contributed by atoms with Crippen LogP contribution in [0, 0.1) is 5.82 Å². The molecule has 0 bridgehead atoms. The van der Waals surface area contributed by atoms with Gasteiger partial charge in [-0.2, -0.15) is 0 Å². The monoisotopic (exact) mass is 446 g/mol. The van der Waals surface area contributed by atoms with E-state index < -0.39 is 24.0 Å². The average Bonchev–Trinajstić information content (AvgIpc) is 3.18. The summed E-state index contributed by atoms with van der Waals surface area (Å²) in [5.41, 5.74) is 6.89. The summed E-state index contributed by atoms with van der Waals surface area (Å²) < 4.78 is 20.1. The lowest BCUT2D eigenvalue weighted by molar-refractivity contribution is -0.0792. The summed E-state index contributed by atoms with van der Waals surface area (Å²) in [7, 11) is 1.39. The van der Waals surface area contributed by atoms with Crippen molar-refractivity contribution in [1.29, 1.82) is 0 Å². The van der Waals surface area contributed by atoms with E-state index in [0.717, 1.165) is 5.06 Å². The highest BCUT2D eigenvalue weighted by Gasteiger charge is 2.32. The van der Waals surface area contributed by atoms with Gasteiger partial charge in [-0.1, -0.05) is 0 Å². The lowest BCUT2D eigenvalue weighted by Gasteiger charge is -2.28. The van der Waals surface area contributed by atoms with E-state index in [-0.39, 0.29) is 19.6 Å². The number of urea groups is 1. The maximum Gasteiger partial charge on any atom is 0.414 e. The van der Waals surface area contributed by atoms with Crippen LogP contribution < -0.4 is 20.9 Å². The number of anilines is 3. The van der Waals surface area contributed by atoms with Gasteiger partial charge in [-0.3, -0.25) is 14.7 Å². The molecule has 2 heterocycles. The van der Waals surface area contributed by atoms with Crippen molar-refractivity contribution in [2.45, 2.75) is 13.0 Å². The zero-order valence-corrected chi connectivity index (χ0v) is 18.0. The number of halogens is 1. The molecule has 32 heavy (non-hydrogen) atoms. The quantitative estimate of drug-likeness (QED) is 0.569. The Labute approximate surface area is 185 Å². The maximum absolute atomic E-state index is 14.9. The fourth-order valence-electron chi connectivity index (χ4n) is 3.33. The molecule has 10 nitrogen and oxygen atoms in total. The Morgan fingerprint density at radius 3 is 2.69 bits per heavy atom. The number of carbonyl (C=O) groups is 2. The summed E-state index contributed by atoms with van der Waals surface area (Å²) in [5.74, 6) is -0.487. The van der Waals surface area contributed by atoms with Gasteiger partial charge in [0.25, 0.3) is 0 Å². The van der Waals surface area contributed by atoms with Gasteiger partial charge in [0.2, 0.25) is 0 Å². The molecule has 1 atom stereocenters. The van der Waals surface area contributed by atoms with Crippen LogP contribution in [-0.4, -0.2) is 68.1 Å². The standard InChI is InChI=1S/C21H27FN6O4/c1-3-26(10-11-28(31-2)20(29)25-15-6-8-24-9-7-15)19-5-4-16(12-18(19)22)27-14-17(13-23)32-21(27)30/h4-9,12,17H,3,10-11,13-14,23H2,1-2H3,(H,24,25,29)/t17-/m0/s1. The topological polar surface area (TPSA) is 113 Å². The second kappa shape index (κ2) is 10.7. The summed E-state index contributed by atoms with van der Waals surface area (Å²) >= 11 is 0. The number of nitrogens with zero attached hydrogens (tertiary/aromatic N) is 4. The number of benzene rings is 1. The Morgan fingerprint density at radius 1 is 1.34 bits per heavy atom. The fraction of sp³-hybridized carbons (Fsp3) is 0.381. The van der Waals surface area contributed by atoms with Gasteiger partial charge in [0.1, 0.15) is 11.9 Å². The first-order valence-corrected chi connectivity index (χ1v) is 10.2. The van der Waals surface area contributed by atoms with Gasteiger partial charge in [-0.15, -0.1) is 0 Å². The van der Waals surface area contributed by atoms with E-state index in [1.54, 1.807) is 41.6 Å². The minimum absolute atomic E-state index is 0.194. The molecule has 0 saturated carbocycles. The van der Waals surface area contributed by atoms with Crippen molar-refractivity contribution in [2.75, 3.05) is 55.0 Å². The molecule has 0 radical (unpaired) electrons. The molecule has 3 N–H and O–H groups in total. The summed E-state index contributed by atoms with van der Waals surface area (Å²) in [6.45, 7) is 3.38. The predicted octanol–water partition coefficient (Wildman–Crippen LogP) is 2.43. The van der Waals surface area contributed by atoms with Crippen molar-refractivity contribution in [1.82, 2.24) is 10.0 Å². The summed E-state index contributed by atoms with van der Waals surface area (Å²) in [4.78, 5) is 36.6. The van der Waals surface area contributed by atoms with Gasteiger partial charge < -0.3 is 20.7 Å². The number of ether oxygens (including phenoxy) is 1. The minimum Gasteiger partial charge on any atom is -0.443 e. The van der Waals surface area contributed by atoms with Crippen LogP contribution >= 0.6 is 0 Å². The van der Waals surface area contributed by atoms with Crippen LogP contribution in [0.25, 0.3) is 0 Å². The fourth-order valence-corrected chi connectivity index (χ4v) is 3.33. The second-order valence-electron chi connectivity index (χ2n) is 7.02. The van der Waals surface area contributed by atoms with Crippen LogP contribution in [0.2, 0.25) is 0 Å². The SMILES string of the molecule is CCN(CCN(OC)C(=O)Nc1ccncc1)c1ccc(N2C[C@H](CN)OC2=O)cc1F. The third kappa shape index (κ3) is 5.42. The highest BCUT2D eigenvalue weighted by Crippen LogP contribution is 2.28. The van der Waals surface area contributed by atoms with Crippen molar-refractivity contribution in [3.05, 3.63) is 48.5 Å². The first-order valence-electron chi connectivity index (χ1n) is 10.2. The molecule has 0 unspecified atom stereocenters. The maximum atomic E-state index is 14.9. The molecule has 1 aromatic carbocycles. The summed E-state index contributed by atoms with van der Waals surface area (Å²) in [6.07, 6.45) is 2.18. The normalized spacial score (nSPS) is 15.4. The average molecular weight is 446 g/mol. The van der Waals surface area contributed by atoms with E-state index in [1.807, 2.05) is 6.92 Å². The van der Waals surface area contributed by atoms with Crippen LogP contribution in [-0.2, 0) is 9.57 Å². The van der Waals surface area contributed by atoms with Gasteiger partial charge in [0, 0.05) is 37.7 Å². The van der Waals surface area contributed by atoms with Gasteiger partial charge in [-0.25, -0.2) is 19.0 Å².